The molecule has 1 N–H and O–H groups in total. The molecule has 112 valence electrons. The Labute approximate surface area is 131 Å². The van der Waals surface area contributed by atoms with Crippen LogP contribution in [-0.4, -0.2) is 25.7 Å². The van der Waals surface area contributed by atoms with Crippen LogP contribution in [0, 0.1) is 6.92 Å². The van der Waals surface area contributed by atoms with E-state index in [9.17, 15) is 4.79 Å². The fourth-order valence-electron chi connectivity index (χ4n) is 2.06. The first-order valence-electron chi connectivity index (χ1n) is 6.76. The Bertz CT molecular complexity index is 775. The normalized spacial score (nSPS) is 10.6. The van der Waals surface area contributed by atoms with E-state index in [2.05, 4.69) is 20.4 Å². The van der Waals surface area contributed by atoms with Gasteiger partial charge in [0.25, 0.3) is 5.91 Å². The van der Waals surface area contributed by atoms with Gasteiger partial charge in [-0.3, -0.25) is 19.4 Å². The van der Waals surface area contributed by atoms with Crippen LogP contribution >= 0.6 is 11.3 Å². The summed E-state index contributed by atoms with van der Waals surface area (Å²) < 4.78 is 1.67. The van der Waals surface area contributed by atoms with Crippen LogP contribution in [-0.2, 0) is 13.6 Å². The molecule has 3 aromatic rings. The van der Waals surface area contributed by atoms with Crippen LogP contribution in [0.15, 0.2) is 35.3 Å². The Morgan fingerprint density at radius 1 is 1.36 bits per heavy atom. The van der Waals surface area contributed by atoms with Gasteiger partial charge in [-0.15, -0.1) is 0 Å². The highest BCUT2D eigenvalue weighted by atomic mass is 32.1. The molecule has 0 saturated heterocycles. The number of hydrogen-bond donors (Lipinski definition) is 1. The summed E-state index contributed by atoms with van der Waals surface area (Å²) in [6.45, 7) is 2.22. The van der Waals surface area contributed by atoms with E-state index >= 15 is 0 Å². The number of amides is 1. The third-order valence-electron chi connectivity index (χ3n) is 3.33. The number of thiophene rings is 1. The number of rotatable bonds is 4. The first-order chi connectivity index (χ1) is 10.6. The van der Waals surface area contributed by atoms with Crippen molar-refractivity contribution in [2.24, 2.45) is 7.05 Å². The van der Waals surface area contributed by atoms with Crippen molar-refractivity contribution in [3.05, 3.63) is 52.4 Å². The lowest BCUT2D eigenvalue weighted by Crippen LogP contribution is -2.24. The molecule has 0 aromatic carbocycles. The maximum absolute atomic E-state index is 12.1. The molecule has 0 aliphatic heterocycles. The third-order valence-corrected chi connectivity index (χ3v) is 4.01. The van der Waals surface area contributed by atoms with Gasteiger partial charge < -0.3 is 5.32 Å². The number of aromatic nitrogens is 4. The number of nitrogens with one attached hydrogen (secondary N) is 1. The van der Waals surface area contributed by atoms with Gasteiger partial charge >= 0.3 is 0 Å². The Kier molecular flexibility index (Phi) is 3.97. The molecule has 0 spiro atoms. The number of aryl methyl sites for hydroxylation is 2. The van der Waals surface area contributed by atoms with Crippen molar-refractivity contribution >= 4 is 17.2 Å². The van der Waals surface area contributed by atoms with E-state index in [-0.39, 0.29) is 5.91 Å². The summed E-state index contributed by atoms with van der Waals surface area (Å²) >= 11 is 1.60. The lowest BCUT2D eigenvalue weighted by atomic mass is 10.2. The zero-order chi connectivity index (χ0) is 15.5. The molecule has 3 rings (SSSR count). The molecule has 7 heteroatoms. The highest BCUT2D eigenvalue weighted by molar-refractivity contribution is 7.08. The summed E-state index contributed by atoms with van der Waals surface area (Å²) in [6, 6.07) is 3.74. The molecule has 0 radical (unpaired) electrons. The molecule has 3 heterocycles. The molecule has 0 aliphatic rings. The van der Waals surface area contributed by atoms with E-state index in [0.29, 0.717) is 12.2 Å². The molecule has 0 atom stereocenters. The number of carbonyl (C=O) groups excluding carboxylic acids is 1. The van der Waals surface area contributed by atoms with Crippen LogP contribution in [0.1, 0.15) is 21.9 Å². The van der Waals surface area contributed by atoms with Gasteiger partial charge in [0.1, 0.15) is 5.69 Å². The quantitative estimate of drug-likeness (QED) is 0.801. The predicted molar refractivity (Wildman–Crippen MR) is 84.5 cm³/mol. The predicted octanol–water partition coefficient (Wildman–Crippen LogP) is 2.18. The van der Waals surface area contributed by atoms with Gasteiger partial charge in [0.15, 0.2) is 0 Å². The Morgan fingerprint density at radius 3 is 2.86 bits per heavy atom. The maximum Gasteiger partial charge on any atom is 0.272 e. The zero-order valence-corrected chi connectivity index (χ0v) is 13.1. The van der Waals surface area contributed by atoms with Crippen molar-refractivity contribution in [2.75, 3.05) is 0 Å². The van der Waals surface area contributed by atoms with Gasteiger partial charge in [-0.25, -0.2) is 0 Å². The summed E-state index contributed by atoms with van der Waals surface area (Å²) in [5.74, 6) is -0.217. The maximum atomic E-state index is 12.1. The average Bonchev–Trinajstić information content (AvgIpc) is 3.16. The van der Waals surface area contributed by atoms with Crippen molar-refractivity contribution in [2.45, 2.75) is 13.5 Å². The highest BCUT2D eigenvalue weighted by Crippen LogP contribution is 2.22. The van der Waals surface area contributed by atoms with Crippen LogP contribution in [0.3, 0.4) is 0 Å². The van der Waals surface area contributed by atoms with Crippen molar-refractivity contribution < 1.29 is 4.79 Å². The summed E-state index contributed by atoms with van der Waals surface area (Å²) in [6.07, 6.45) is 3.28. The second-order valence-electron chi connectivity index (χ2n) is 4.84. The SMILES string of the molecule is Cc1cc(C(=O)NCc2nccnc2-c2ccsc2)nn1C. The first kappa shape index (κ1) is 14.4. The van der Waals surface area contributed by atoms with E-state index < -0.39 is 0 Å². The van der Waals surface area contributed by atoms with Gasteiger partial charge in [0, 0.05) is 36.1 Å². The van der Waals surface area contributed by atoms with E-state index in [1.807, 2.05) is 30.8 Å². The van der Waals surface area contributed by atoms with Crippen LogP contribution in [0.4, 0.5) is 0 Å². The van der Waals surface area contributed by atoms with Gasteiger partial charge in [-0.2, -0.15) is 16.4 Å². The second-order valence-corrected chi connectivity index (χ2v) is 5.62. The number of nitrogens with zero attached hydrogens (tertiary/aromatic N) is 4. The Morgan fingerprint density at radius 2 is 2.18 bits per heavy atom. The molecule has 22 heavy (non-hydrogen) atoms. The third kappa shape index (κ3) is 2.89. The summed E-state index contributed by atoms with van der Waals surface area (Å²) in [5.41, 5.74) is 3.88. The second kappa shape index (κ2) is 6.07. The summed E-state index contributed by atoms with van der Waals surface area (Å²) in [7, 11) is 1.81. The fraction of sp³-hybridized carbons (Fsp3) is 0.200. The summed E-state index contributed by atoms with van der Waals surface area (Å²) in [5, 5.41) is 11.0. The van der Waals surface area contributed by atoms with E-state index in [1.54, 1.807) is 34.5 Å². The van der Waals surface area contributed by atoms with Gasteiger partial charge in [-0.05, 0) is 24.4 Å². The van der Waals surface area contributed by atoms with Crippen molar-refractivity contribution in [1.29, 1.82) is 0 Å². The monoisotopic (exact) mass is 313 g/mol. The molecule has 1 amide bonds. The standard InChI is InChI=1S/C15H15N5OS/c1-10-7-12(19-20(10)2)15(21)18-8-13-14(17-5-4-16-13)11-3-6-22-9-11/h3-7,9H,8H2,1-2H3,(H,18,21). The van der Waals surface area contributed by atoms with Crippen molar-refractivity contribution in [1.82, 2.24) is 25.1 Å². The summed E-state index contributed by atoms with van der Waals surface area (Å²) in [4.78, 5) is 20.8. The van der Waals surface area contributed by atoms with E-state index in [4.69, 9.17) is 0 Å². The largest absolute Gasteiger partial charge is 0.345 e. The van der Waals surface area contributed by atoms with Crippen LogP contribution in [0.5, 0.6) is 0 Å². The Balaban J connectivity index is 1.76. The van der Waals surface area contributed by atoms with Crippen molar-refractivity contribution in [3.63, 3.8) is 0 Å². The van der Waals surface area contributed by atoms with Gasteiger partial charge in [0.2, 0.25) is 0 Å². The molecule has 6 nitrogen and oxygen atoms in total. The molecule has 0 aliphatic carbocycles. The zero-order valence-electron chi connectivity index (χ0n) is 12.3. The number of hydrogen-bond acceptors (Lipinski definition) is 5. The van der Waals surface area contributed by atoms with E-state index in [0.717, 1.165) is 22.6 Å². The minimum absolute atomic E-state index is 0.217. The minimum Gasteiger partial charge on any atom is -0.345 e. The molecule has 3 aromatic heterocycles. The lowest BCUT2D eigenvalue weighted by molar-refractivity contribution is 0.0944. The van der Waals surface area contributed by atoms with Gasteiger partial charge in [0.05, 0.1) is 17.9 Å². The number of carbonyl (C=O) groups is 1. The van der Waals surface area contributed by atoms with Crippen molar-refractivity contribution in [3.8, 4) is 11.3 Å². The average molecular weight is 313 g/mol. The lowest BCUT2D eigenvalue weighted by Gasteiger charge is -2.07. The van der Waals surface area contributed by atoms with E-state index in [1.165, 1.54) is 0 Å². The smallest absolute Gasteiger partial charge is 0.272 e. The van der Waals surface area contributed by atoms with Gasteiger partial charge in [-0.1, -0.05) is 0 Å². The molecular weight excluding hydrogens is 298 g/mol. The molecule has 0 fully saturated rings. The minimum atomic E-state index is -0.217. The first-order valence-corrected chi connectivity index (χ1v) is 7.70. The van der Waals surface area contributed by atoms with Crippen LogP contribution < -0.4 is 5.32 Å². The molecule has 0 saturated carbocycles. The molecule has 0 bridgehead atoms. The topological polar surface area (TPSA) is 72.7 Å². The fourth-order valence-corrected chi connectivity index (χ4v) is 2.70. The molecule has 0 unspecified atom stereocenters. The Hall–Kier alpha value is -2.54. The highest BCUT2D eigenvalue weighted by Gasteiger charge is 2.13. The van der Waals surface area contributed by atoms with Crippen LogP contribution in [0.2, 0.25) is 0 Å². The van der Waals surface area contributed by atoms with Crippen LogP contribution in [0.25, 0.3) is 11.3 Å². The molecular formula is C15H15N5OS.